The van der Waals surface area contributed by atoms with Crippen molar-refractivity contribution in [3.63, 3.8) is 0 Å². The molecule has 2 aromatic rings. The highest BCUT2D eigenvalue weighted by atomic mass is 32.2. The fraction of sp³-hybridized carbons (Fsp3) is 0.200. The van der Waals surface area contributed by atoms with Crippen molar-refractivity contribution in [3.8, 4) is 0 Å². The van der Waals surface area contributed by atoms with Crippen LogP contribution < -0.4 is 11.1 Å². The Labute approximate surface area is 203 Å². The lowest BCUT2D eigenvalue weighted by Gasteiger charge is -2.11. The molecule has 6 N–H and O–H groups in total. The molecule has 0 saturated carbocycles. The van der Waals surface area contributed by atoms with Crippen molar-refractivity contribution < 1.29 is 53.2 Å². The summed E-state index contributed by atoms with van der Waals surface area (Å²) in [6, 6.07) is 6.78. The van der Waals surface area contributed by atoms with Gasteiger partial charge in [-0.3, -0.25) is 13.3 Å². The molecule has 0 unspecified atom stereocenters. The highest BCUT2D eigenvalue weighted by molar-refractivity contribution is 7.91. The summed E-state index contributed by atoms with van der Waals surface area (Å²) in [6.07, 6.45) is 0. The summed E-state index contributed by atoms with van der Waals surface area (Å²) < 4.78 is 96.5. The van der Waals surface area contributed by atoms with Crippen LogP contribution in [0.1, 0.15) is 0 Å². The summed E-state index contributed by atoms with van der Waals surface area (Å²) in [4.78, 5) is -0.803. The Hall–Kier alpha value is -2.40. The van der Waals surface area contributed by atoms with Crippen LogP contribution in [0.5, 0.6) is 0 Å². The minimum atomic E-state index is -4.76. The van der Waals surface area contributed by atoms with Crippen molar-refractivity contribution in [1.29, 1.82) is 0 Å². The zero-order valence-electron chi connectivity index (χ0n) is 17.2. The molecule has 2 rings (SSSR count). The second-order valence-electron chi connectivity index (χ2n) is 6.33. The van der Waals surface area contributed by atoms with Crippen molar-refractivity contribution in [2.45, 2.75) is 9.79 Å². The highest BCUT2D eigenvalue weighted by Gasteiger charge is 2.19. The van der Waals surface area contributed by atoms with Gasteiger partial charge in [-0.25, -0.2) is 13.7 Å². The Balaban J connectivity index is 2.27. The smallest absolute Gasteiger partial charge is 0.296 e. The summed E-state index contributed by atoms with van der Waals surface area (Å²) in [7, 11) is -13.0. The quantitative estimate of drug-likeness (QED) is 0.0436. The van der Waals surface area contributed by atoms with E-state index in [1.165, 1.54) is 24.3 Å². The molecule has 0 saturated heterocycles. The van der Waals surface area contributed by atoms with Gasteiger partial charge in [-0.1, -0.05) is 5.04 Å². The summed E-state index contributed by atoms with van der Waals surface area (Å²) >= 11 is 0.228. The minimum absolute atomic E-state index is 0.0824. The first-order chi connectivity index (χ1) is 16.2. The average molecular weight is 575 g/mol. The number of hydrogen-bond acceptors (Lipinski definition) is 15. The van der Waals surface area contributed by atoms with Gasteiger partial charge in [0.15, 0.2) is 22.2 Å². The third kappa shape index (κ3) is 9.29. The summed E-state index contributed by atoms with van der Waals surface area (Å²) in [6.45, 7) is -0.287. The SMILES string of the molecule is Nc1cc(NCS(=O)(=O)O)c(/N=N/c2ccc(S(=O)(=O)CCOSOOO)cc2)cc1S(=O)(=O)O. The number of sulfone groups is 1. The molecular weight excluding hydrogens is 556 g/mol. The van der Waals surface area contributed by atoms with E-state index in [0.29, 0.717) is 0 Å². The van der Waals surface area contributed by atoms with Crippen LogP contribution in [0.25, 0.3) is 0 Å². The Morgan fingerprint density at radius 3 is 2.23 bits per heavy atom. The number of hydrogen-bond donors (Lipinski definition) is 5. The first kappa shape index (κ1) is 28.8. The average Bonchev–Trinajstić information content (AvgIpc) is 2.75. The third-order valence-electron chi connectivity index (χ3n) is 3.86. The van der Waals surface area contributed by atoms with Gasteiger partial charge in [0.1, 0.15) is 16.5 Å². The second kappa shape index (κ2) is 12.0. The van der Waals surface area contributed by atoms with Crippen LogP contribution in [0.3, 0.4) is 0 Å². The maximum atomic E-state index is 12.3. The van der Waals surface area contributed by atoms with Gasteiger partial charge in [0.2, 0.25) is 0 Å². The Morgan fingerprint density at radius 2 is 1.66 bits per heavy atom. The zero-order valence-corrected chi connectivity index (χ0v) is 20.5. The fourth-order valence-electron chi connectivity index (χ4n) is 2.36. The first-order valence-corrected chi connectivity index (χ1v) is 14.2. The lowest BCUT2D eigenvalue weighted by Crippen LogP contribution is -2.13. The summed E-state index contributed by atoms with van der Waals surface area (Å²) in [5.74, 6) is -1.39. The van der Waals surface area contributed by atoms with Crippen LogP contribution in [-0.2, 0) is 43.6 Å². The van der Waals surface area contributed by atoms with Gasteiger partial charge >= 0.3 is 0 Å². The van der Waals surface area contributed by atoms with E-state index in [1.807, 2.05) is 0 Å². The molecule has 0 atom stereocenters. The predicted octanol–water partition coefficient (Wildman–Crippen LogP) is 1.96. The largest absolute Gasteiger partial charge is 0.398 e. The lowest BCUT2D eigenvalue weighted by molar-refractivity contribution is -0.434. The van der Waals surface area contributed by atoms with E-state index in [1.54, 1.807) is 0 Å². The van der Waals surface area contributed by atoms with Crippen molar-refractivity contribution in [2.24, 2.45) is 10.2 Å². The van der Waals surface area contributed by atoms with Crippen LogP contribution in [0.15, 0.2) is 56.4 Å². The molecule has 0 amide bonds. The maximum absolute atomic E-state index is 12.3. The molecule has 0 aliphatic heterocycles. The number of azo groups is 1. The molecule has 0 aliphatic rings. The van der Waals surface area contributed by atoms with Gasteiger partial charge in [-0.15, -0.1) is 9.45 Å². The highest BCUT2D eigenvalue weighted by Crippen LogP contribution is 2.34. The lowest BCUT2D eigenvalue weighted by atomic mass is 10.2. The van der Waals surface area contributed by atoms with E-state index >= 15 is 0 Å². The van der Waals surface area contributed by atoms with Gasteiger partial charge in [0, 0.05) is 0 Å². The first-order valence-electron chi connectivity index (χ1n) is 8.84. The van der Waals surface area contributed by atoms with Gasteiger partial charge in [0.25, 0.3) is 20.2 Å². The molecule has 2 aromatic carbocycles. The Morgan fingerprint density at radius 1 is 1.00 bits per heavy atom. The topological polar surface area (TPSA) is 254 Å². The number of nitrogens with zero attached hydrogens (tertiary/aromatic N) is 2. The van der Waals surface area contributed by atoms with Crippen LogP contribution in [0.2, 0.25) is 0 Å². The monoisotopic (exact) mass is 574 g/mol. The molecule has 35 heavy (non-hydrogen) atoms. The number of rotatable bonds is 13. The Kier molecular flexibility index (Phi) is 9.91. The number of anilines is 2. The van der Waals surface area contributed by atoms with E-state index in [2.05, 4.69) is 24.9 Å². The third-order valence-corrected chi connectivity index (χ3v) is 7.35. The molecular formula is C15H18N4O12S4. The number of nitrogens with two attached hydrogens (primary N) is 1. The van der Waals surface area contributed by atoms with Gasteiger partial charge in [0.05, 0.1) is 34.3 Å². The fourth-order valence-corrected chi connectivity index (χ4v) is 4.73. The van der Waals surface area contributed by atoms with E-state index in [9.17, 15) is 29.8 Å². The van der Waals surface area contributed by atoms with Gasteiger partial charge < -0.3 is 11.1 Å². The molecule has 16 nitrogen and oxygen atoms in total. The predicted molar refractivity (Wildman–Crippen MR) is 122 cm³/mol. The molecule has 194 valence electrons. The van der Waals surface area contributed by atoms with Crippen molar-refractivity contribution >= 4 is 65.1 Å². The number of nitrogens with one attached hydrogen (secondary N) is 1. The van der Waals surface area contributed by atoms with E-state index in [0.717, 1.165) is 12.1 Å². The maximum Gasteiger partial charge on any atom is 0.296 e. The van der Waals surface area contributed by atoms with Crippen LogP contribution in [-0.4, -0.2) is 57.9 Å². The van der Waals surface area contributed by atoms with Crippen LogP contribution in [0.4, 0.5) is 22.7 Å². The van der Waals surface area contributed by atoms with Crippen molar-refractivity contribution in [1.82, 2.24) is 0 Å². The standard InChI is InChI=1S/C15H18N4O12S4/c16-12-7-13(17-9-34(23,24)25)14(8-15(12)35(26,27)28)19-18-10-1-3-11(4-2-10)33(21,22)6-5-29-32-31-30-20/h1-4,7-8,17,20H,5-6,9,16H2,(H,23,24,25)(H,26,27,28)/b19-18+. The molecule has 20 heteroatoms. The van der Waals surface area contributed by atoms with E-state index in [4.69, 9.17) is 19.7 Å². The normalized spacial score (nSPS) is 12.8. The minimum Gasteiger partial charge on any atom is -0.398 e. The molecule has 0 fully saturated rings. The van der Waals surface area contributed by atoms with E-state index in [-0.39, 0.29) is 40.9 Å². The zero-order chi connectivity index (χ0) is 26.3. The molecule has 0 spiro atoms. The molecule has 0 heterocycles. The van der Waals surface area contributed by atoms with Crippen LogP contribution >= 0.6 is 12.3 Å². The van der Waals surface area contributed by atoms with Gasteiger partial charge in [-0.2, -0.15) is 21.9 Å². The second-order valence-corrected chi connectivity index (χ2v) is 11.8. The number of nitrogen functional groups attached to an aromatic ring is 1. The summed E-state index contributed by atoms with van der Waals surface area (Å²) in [5, 5.41) is 21.1. The number of benzene rings is 2. The van der Waals surface area contributed by atoms with Gasteiger partial charge in [-0.05, 0) is 36.4 Å². The van der Waals surface area contributed by atoms with Crippen LogP contribution in [0, 0.1) is 0 Å². The summed E-state index contributed by atoms with van der Waals surface area (Å²) in [5.41, 5.74) is 4.87. The van der Waals surface area contributed by atoms with Crippen molar-refractivity contribution in [3.05, 3.63) is 36.4 Å². The molecule has 0 bridgehead atoms. The van der Waals surface area contributed by atoms with Crippen molar-refractivity contribution in [2.75, 3.05) is 29.3 Å². The molecule has 0 aromatic heterocycles. The van der Waals surface area contributed by atoms with E-state index < -0.39 is 52.3 Å². The molecule has 0 radical (unpaired) electrons. The Bertz CT molecular complexity index is 1380. The molecule has 0 aliphatic carbocycles.